The average Bonchev–Trinajstić information content (AvgIpc) is 3.05. The number of carbonyl (C=O) groups excluding carboxylic acids is 2. The van der Waals surface area contributed by atoms with E-state index in [1.807, 2.05) is 11.0 Å². The molecule has 2 aliphatic rings. The quantitative estimate of drug-likeness (QED) is 0.722. The lowest BCUT2D eigenvalue weighted by molar-refractivity contribution is -0.120. The lowest BCUT2D eigenvalue weighted by Gasteiger charge is -2.36. The van der Waals surface area contributed by atoms with Gasteiger partial charge in [-0.2, -0.15) is 5.26 Å². The van der Waals surface area contributed by atoms with Crippen LogP contribution in [-0.4, -0.2) is 66.1 Å². The van der Waals surface area contributed by atoms with Gasteiger partial charge in [0, 0.05) is 37.7 Å². The Hall–Kier alpha value is -3.18. The first-order chi connectivity index (χ1) is 15.0. The third-order valence-corrected chi connectivity index (χ3v) is 5.80. The summed E-state index contributed by atoms with van der Waals surface area (Å²) in [7, 11) is 0. The highest BCUT2D eigenvalue weighted by Gasteiger charge is 2.43. The number of β-amino-alcohol motifs (C(OH)–C–C–N with tert-alkyl or cyclic N) is 1. The number of nitrogens with zero attached hydrogens (tertiary/aromatic N) is 4. The van der Waals surface area contributed by atoms with Gasteiger partial charge in [0.05, 0.1) is 29.5 Å². The second-order valence-corrected chi connectivity index (χ2v) is 7.82. The van der Waals surface area contributed by atoms with Crippen molar-refractivity contribution in [3.05, 3.63) is 70.4 Å². The van der Waals surface area contributed by atoms with Crippen LogP contribution in [0, 0.1) is 11.3 Å². The fourth-order valence-corrected chi connectivity index (χ4v) is 4.07. The van der Waals surface area contributed by atoms with Crippen LogP contribution in [0.2, 0.25) is 5.02 Å². The van der Waals surface area contributed by atoms with Crippen molar-refractivity contribution in [1.82, 2.24) is 9.80 Å². The van der Waals surface area contributed by atoms with Crippen LogP contribution in [0.15, 0.2) is 54.2 Å². The van der Waals surface area contributed by atoms with Gasteiger partial charge in [-0.3, -0.25) is 14.5 Å². The lowest BCUT2D eigenvalue weighted by Crippen LogP contribution is -2.48. The Balaban J connectivity index is 1.72. The van der Waals surface area contributed by atoms with Crippen molar-refractivity contribution in [2.75, 3.05) is 44.2 Å². The van der Waals surface area contributed by atoms with E-state index >= 15 is 0 Å². The molecule has 0 radical (unpaired) electrons. The van der Waals surface area contributed by atoms with Crippen molar-refractivity contribution >= 4 is 34.7 Å². The van der Waals surface area contributed by atoms with Crippen LogP contribution in [0.4, 0.5) is 5.69 Å². The van der Waals surface area contributed by atoms with Crippen LogP contribution in [0.25, 0.3) is 5.57 Å². The Morgan fingerprint density at radius 1 is 0.935 bits per heavy atom. The maximum atomic E-state index is 13.5. The number of amides is 2. The molecule has 0 aromatic heterocycles. The van der Waals surface area contributed by atoms with E-state index in [0.29, 0.717) is 65.8 Å². The molecule has 0 bridgehead atoms. The maximum Gasteiger partial charge on any atom is 0.282 e. The summed E-state index contributed by atoms with van der Waals surface area (Å²) in [6.07, 6.45) is 0. The average molecular weight is 437 g/mol. The van der Waals surface area contributed by atoms with Gasteiger partial charge < -0.3 is 10.0 Å². The van der Waals surface area contributed by atoms with Crippen molar-refractivity contribution in [2.24, 2.45) is 0 Å². The molecule has 7 nitrogen and oxygen atoms in total. The van der Waals surface area contributed by atoms with Gasteiger partial charge in [-0.25, -0.2) is 4.90 Å². The number of imide groups is 1. The van der Waals surface area contributed by atoms with Crippen LogP contribution in [-0.2, 0) is 9.59 Å². The maximum absolute atomic E-state index is 13.5. The van der Waals surface area contributed by atoms with E-state index in [0.717, 1.165) is 0 Å². The van der Waals surface area contributed by atoms with Crippen LogP contribution < -0.4 is 4.90 Å². The van der Waals surface area contributed by atoms with Crippen LogP contribution in [0.5, 0.6) is 0 Å². The molecule has 0 saturated carbocycles. The van der Waals surface area contributed by atoms with Crippen molar-refractivity contribution in [3.63, 3.8) is 0 Å². The topological polar surface area (TPSA) is 87.9 Å². The van der Waals surface area contributed by atoms with Crippen molar-refractivity contribution in [1.29, 1.82) is 5.26 Å². The molecule has 158 valence electrons. The molecule has 0 spiro atoms. The number of hydrogen-bond acceptors (Lipinski definition) is 6. The minimum atomic E-state index is -0.398. The molecular formula is C23H21ClN4O3. The number of anilines is 1. The largest absolute Gasteiger partial charge is 0.395 e. The Labute approximate surface area is 185 Å². The minimum Gasteiger partial charge on any atom is -0.395 e. The smallest absolute Gasteiger partial charge is 0.282 e. The highest BCUT2D eigenvalue weighted by atomic mass is 35.5. The monoisotopic (exact) mass is 436 g/mol. The van der Waals surface area contributed by atoms with Gasteiger partial charge in [-0.1, -0.05) is 23.7 Å². The number of halogens is 1. The Morgan fingerprint density at radius 3 is 2.16 bits per heavy atom. The second kappa shape index (κ2) is 8.90. The van der Waals surface area contributed by atoms with E-state index in [1.54, 1.807) is 48.5 Å². The van der Waals surface area contributed by atoms with Crippen molar-refractivity contribution in [2.45, 2.75) is 0 Å². The number of carbonyl (C=O) groups is 2. The molecule has 2 aromatic rings. The predicted molar refractivity (Wildman–Crippen MR) is 117 cm³/mol. The van der Waals surface area contributed by atoms with Gasteiger partial charge in [-0.15, -0.1) is 0 Å². The molecule has 0 unspecified atom stereocenters. The van der Waals surface area contributed by atoms with E-state index in [-0.39, 0.29) is 12.5 Å². The number of nitriles is 1. The van der Waals surface area contributed by atoms with Gasteiger partial charge in [0.15, 0.2) is 0 Å². The molecule has 4 rings (SSSR count). The number of piperazine rings is 1. The number of aliphatic hydroxyl groups is 1. The zero-order valence-corrected chi connectivity index (χ0v) is 17.5. The highest BCUT2D eigenvalue weighted by molar-refractivity contribution is 6.45. The zero-order valence-electron chi connectivity index (χ0n) is 16.8. The van der Waals surface area contributed by atoms with Gasteiger partial charge in [0.1, 0.15) is 5.70 Å². The highest BCUT2D eigenvalue weighted by Crippen LogP contribution is 2.35. The molecule has 2 heterocycles. The third kappa shape index (κ3) is 4.06. The SMILES string of the molecule is N#Cc1ccc(N2C(=O)C(c3ccc(Cl)cc3)=C(N3CCN(CCO)CC3)C2=O)cc1. The van der Waals surface area contributed by atoms with Crippen LogP contribution in [0.3, 0.4) is 0 Å². The summed E-state index contributed by atoms with van der Waals surface area (Å²) in [5.41, 5.74) is 2.23. The molecule has 2 aromatic carbocycles. The molecule has 1 saturated heterocycles. The molecule has 1 fully saturated rings. The molecule has 1 N–H and O–H groups in total. The molecule has 2 amide bonds. The van der Waals surface area contributed by atoms with Gasteiger partial charge in [0.25, 0.3) is 11.8 Å². The van der Waals surface area contributed by atoms with Crippen molar-refractivity contribution in [3.8, 4) is 6.07 Å². The molecule has 0 atom stereocenters. The number of hydrogen-bond donors (Lipinski definition) is 1. The third-order valence-electron chi connectivity index (χ3n) is 5.55. The fraction of sp³-hybridized carbons (Fsp3) is 0.261. The first-order valence-corrected chi connectivity index (χ1v) is 10.4. The Morgan fingerprint density at radius 2 is 1.58 bits per heavy atom. The number of rotatable bonds is 5. The molecule has 8 heteroatoms. The second-order valence-electron chi connectivity index (χ2n) is 7.39. The van der Waals surface area contributed by atoms with E-state index in [9.17, 15) is 14.7 Å². The van der Waals surface area contributed by atoms with Crippen LogP contribution in [0.1, 0.15) is 11.1 Å². The Kier molecular flexibility index (Phi) is 6.05. The molecule has 0 aliphatic carbocycles. The Bertz CT molecular complexity index is 1070. The first-order valence-electron chi connectivity index (χ1n) is 10.0. The summed E-state index contributed by atoms with van der Waals surface area (Å²) in [5, 5.41) is 18.8. The molecule has 2 aliphatic heterocycles. The summed E-state index contributed by atoms with van der Waals surface area (Å²) in [4.78, 5) is 32.2. The van der Waals surface area contributed by atoms with Gasteiger partial charge in [0.2, 0.25) is 0 Å². The van der Waals surface area contributed by atoms with E-state index in [4.69, 9.17) is 16.9 Å². The fourth-order valence-electron chi connectivity index (χ4n) is 3.94. The summed E-state index contributed by atoms with van der Waals surface area (Å²) >= 11 is 6.03. The summed E-state index contributed by atoms with van der Waals surface area (Å²) < 4.78 is 0. The van der Waals surface area contributed by atoms with Gasteiger partial charge >= 0.3 is 0 Å². The lowest BCUT2D eigenvalue weighted by atomic mass is 10.0. The first kappa shape index (κ1) is 21.1. The van der Waals surface area contributed by atoms with E-state index < -0.39 is 5.91 Å². The van der Waals surface area contributed by atoms with E-state index in [1.165, 1.54) is 4.90 Å². The van der Waals surface area contributed by atoms with E-state index in [2.05, 4.69) is 4.90 Å². The summed E-state index contributed by atoms with van der Waals surface area (Å²) in [6, 6.07) is 15.3. The minimum absolute atomic E-state index is 0.0859. The summed E-state index contributed by atoms with van der Waals surface area (Å²) in [5.74, 6) is -0.778. The van der Waals surface area contributed by atoms with Gasteiger partial charge in [-0.05, 0) is 42.0 Å². The molecule has 31 heavy (non-hydrogen) atoms. The van der Waals surface area contributed by atoms with Crippen molar-refractivity contribution < 1.29 is 14.7 Å². The molecular weight excluding hydrogens is 416 g/mol. The van der Waals surface area contributed by atoms with Crippen LogP contribution >= 0.6 is 11.6 Å². The standard InChI is InChI=1S/C23H21ClN4O3/c24-18-5-3-17(4-6-18)20-21(27-11-9-26(10-12-27)13-14-29)23(31)28(22(20)30)19-7-1-16(15-25)2-8-19/h1-8,29H,9-14H2. The normalized spacial score (nSPS) is 17.5. The zero-order chi connectivity index (χ0) is 22.0. The number of aliphatic hydroxyl groups excluding tert-OH is 1. The number of benzene rings is 2. The summed E-state index contributed by atoms with van der Waals surface area (Å²) in [6.45, 7) is 3.20. The predicted octanol–water partition coefficient (Wildman–Crippen LogP) is 2.11.